The van der Waals surface area contributed by atoms with Gasteiger partial charge in [-0.25, -0.2) is 4.79 Å². The van der Waals surface area contributed by atoms with E-state index in [0.29, 0.717) is 28.8 Å². The van der Waals surface area contributed by atoms with E-state index in [1.54, 1.807) is 24.3 Å². The zero-order valence-corrected chi connectivity index (χ0v) is 14.5. The van der Waals surface area contributed by atoms with Gasteiger partial charge in [-0.1, -0.05) is 11.6 Å². The van der Waals surface area contributed by atoms with E-state index in [4.69, 9.17) is 16.3 Å². The highest BCUT2D eigenvalue weighted by Crippen LogP contribution is 2.13. The molecule has 0 unspecified atom stereocenters. The third-order valence-corrected chi connectivity index (χ3v) is 3.49. The second-order valence-electron chi connectivity index (χ2n) is 5.54. The zero-order valence-electron chi connectivity index (χ0n) is 12.9. The van der Waals surface area contributed by atoms with Gasteiger partial charge in [0.2, 0.25) is 5.91 Å². The summed E-state index contributed by atoms with van der Waals surface area (Å²) in [5, 5.41) is 6.04. The fraction of sp³-hybridized carbons (Fsp3) is 0.467. The third-order valence-electron chi connectivity index (χ3n) is 2.28. The number of nitrogens with one attached hydrogen (secondary N) is 2. The lowest BCUT2D eigenvalue weighted by atomic mass is 10.2. The fourth-order valence-electron chi connectivity index (χ4n) is 1.43. The van der Waals surface area contributed by atoms with Crippen molar-refractivity contribution in [2.45, 2.75) is 26.4 Å². The molecule has 2 amide bonds. The lowest BCUT2D eigenvalue weighted by Crippen LogP contribution is -2.33. The summed E-state index contributed by atoms with van der Waals surface area (Å²) in [4.78, 5) is 23.1. The van der Waals surface area contributed by atoms with Crippen LogP contribution in [0.25, 0.3) is 0 Å². The first-order valence-electron chi connectivity index (χ1n) is 6.86. The van der Waals surface area contributed by atoms with Gasteiger partial charge in [-0.15, -0.1) is 0 Å². The van der Waals surface area contributed by atoms with Crippen LogP contribution in [0.15, 0.2) is 24.3 Å². The minimum Gasteiger partial charge on any atom is -0.444 e. The quantitative estimate of drug-likeness (QED) is 0.774. The van der Waals surface area contributed by atoms with E-state index in [2.05, 4.69) is 10.6 Å². The van der Waals surface area contributed by atoms with Gasteiger partial charge < -0.3 is 15.4 Å². The van der Waals surface area contributed by atoms with E-state index < -0.39 is 11.7 Å². The Labute approximate surface area is 140 Å². The van der Waals surface area contributed by atoms with Crippen molar-refractivity contribution in [3.05, 3.63) is 29.3 Å². The molecule has 0 heterocycles. The number of thioether (sulfide) groups is 1. The molecule has 0 saturated heterocycles. The molecular formula is C15H21ClN2O3S. The summed E-state index contributed by atoms with van der Waals surface area (Å²) in [7, 11) is 0. The average molecular weight is 345 g/mol. The van der Waals surface area contributed by atoms with E-state index in [-0.39, 0.29) is 5.91 Å². The van der Waals surface area contributed by atoms with Crippen LogP contribution in [0.1, 0.15) is 20.8 Å². The van der Waals surface area contributed by atoms with E-state index in [1.807, 2.05) is 20.8 Å². The number of alkyl carbamates (subject to hydrolysis) is 1. The normalized spacial score (nSPS) is 10.9. The summed E-state index contributed by atoms with van der Waals surface area (Å²) in [6.07, 6.45) is -0.446. The van der Waals surface area contributed by atoms with Crippen LogP contribution >= 0.6 is 23.4 Å². The molecule has 1 aromatic rings. The molecule has 0 aromatic heterocycles. The zero-order chi connectivity index (χ0) is 16.6. The van der Waals surface area contributed by atoms with Crippen LogP contribution < -0.4 is 10.6 Å². The minimum absolute atomic E-state index is 0.0930. The molecule has 0 aliphatic carbocycles. The molecule has 122 valence electrons. The number of anilines is 1. The van der Waals surface area contributed by atoms with Crippen LogP contribution in [0, 0.1) is 0 Å². The van der Waals surface area contributed by atoms with Gasteiger partial charge in [-0.2, -0.15) is 11.8 Å². The lowest BCUT2D eigenvalue weighted by Gasteiger charge is -2.19. The lowest BCUT2D eigenvalue weighted by molar-refractivity contribution is -0.113. The summed E-state index contributed by atoms with van der Waals surface area (Å²) in [6.45, 7) is 5.88. The predicted octanol–water partition coefficient (Wildman–Crippen LogP) is 3.54. The SMILES string of the molecule is CC(C)(C)OC(=O)NCCSCC(=O)Nc1ccc(Cl)cc1. The number of benzene rings is 1. The summed E-state index contributed by atoms with van der Waals surface area (Å²) in [6, 6.07) is 6.92. The van der Waals surface area contributed by atoms with Gasteiger partial charge in [0, 0.05) is 23.0 Å². The number of carbonyl (C=O) groups is 2. The van der Waals surface area contributed by atoms with Crippen molar-refractivity contribution in [1.29, 1.82) is 0 Å². The van der Waals surface area contributed by atoms with Crippen molar-refractivity contribution < 1.29 is 14.3 Å². The number of ether oxygens (including phenoxy) is 1. The first kappa shape index (κ1) is 18.6. The molecule has 1 aromatic carbocycles. The van der Waals surface area contributed by atoms with Crippen LogP contribution in [-0.2, 0) is 9.53 Å². The molecule has 7 heteroatoms. The Morgan fingerprint density at radius 1 is 1.23 bits per heavy atom. The van der Waals surface area contributed by atoms with Crippen molar-refractivity contribution in [2.24, 2.45) is 0 Å². The summed E-state index contributed by atoms with van der Waals surface area (Å²) >= 11 is 7.21. The standard InChI is InChI=1S/C15H21ClN2O3S/c1-15(2,3)21-14(20)17-8-9-22-10-13(19)18-12-6-4-11(16)5-7-12/h4-7H,8-10H2,1-3H3,(H,17,20)(H,18,19). The van der Waals surface area contributed by atoms with Crippen LogP contribution in [0.2, 0.25) is 5.02 Å². The maximum absolute atomic E-state index is 11.7. The number of halogens is 1. The van der Waals surface area contributed by atoms with Gasteiger partial charge >= 0.3 is 6.09 Å². The Kier molecular flexibility index (Phi) is 7.55. The first-order valence-corrected chi connectivity index (χ1v) is 8.39. The molecule has 0 atom stereocenters. The topological polar surface area (TPSA) is 67.4 Å². The number of carbonyl (C=O) groups excluding carboxylic acids is 2. The third kappa shape index (κ3) is 8.79. The number of rotatable bonds is 6. The Balaban J connectivity index is 2.13. The molecule has 0 saturated carbocycles. The molecule has 0 bridgehead atoms. The number of amides is 2. The van der Waals surface area contributed by atoms with Crippen molar-refractivity contribution in [1.82, 2.24) is 5.32 Å². The highest BCUT2D eigenvalue weighted by atomic mass is 35.5. The molecule has 0 radical (unpaired) electrons. The van der Waals surface area contributed by atoms with Gasteiger partial charge in [0.25, 0.3) is 0 Å². The molecule has 0 aliphatic rings. The van der Waals surface area contributed by atoms with E-state index >= 15 is 0 Å². The maximum atomic E-state index is 11.7. The molecule has 0 aliphatic heterocycles. The minimum atomic E-state index is -0.504. The van der Waals surface area contributed by atoms with Gasteiger partial charge in [-0.05, 0) is 45.0 Å². The van der Waals surface area contributed by atoms with E-state index in [0.717, 1.165) is 0 Å². The smallest absolute Gasteiger partial charge is 0.407 e. The molecule has 0 fully saturated rings. The Hall–Kier alpha value is -1.40. The fourth-order valence-corrected chi connectivity index (χ4v) is 2.21. The number of hydrogen-bond donors (Lipinski definition) is 2. The van der Waals surface area contributed by atoms with E-state index in [1.165, 1.54) is 11.8 Å². The molecule has 1 rings (SSSR count). The highest BCUT2D eigenvalue weighted by molar-refractivity contribution is 7.99. The largest absolute Gasteiger partial charge is 0.444 e. The van der Waals surface area contributed by atoms with Gasteiger partial charge in [-0.3, -0.25) is 4.79 Å². The van der Waals surface area contributed by atoms with Crippen molar-refractivity contribution in [3.63, 3.8) is 0 Å². The average Bonchev–Trinajstić information content (AvgIpc) is 2.39. The van der Waals surface area contributed by atoms with Gasteiger partial charge in [0.15, 0.2) is 0 Å². The molecule has 0 spiro atoms. The van der Waals surface area contributed by atoms with Crippen LogP contribution in [0.5, 0.6) is 0 Å². The van der Waals surface area contributed by atoms with Gasteiger partial charge in [0.05, 0.1) is 5.75 Å². The van der Waals surface area contributed by atoms with E-state index in [9.17, 15) is 9.59 Å². The second-order valence-corrected chi connectivity index (χ2v) is 7.08. The van der Waals surface area contributed by atoms with Crippen LogP contribution in [-0.4, -0.2) is 35.7 Å². The summed E-state index contributed by atoms with van der Waals surface area (Å²) in [5.41, 5.74) is 0.206. The highest BCUT2D eigenvalue weighted by Gasteiger charge is 2.15. The molecular weight excluding hydrogens is 324 g/mol. The first-order chi connectivity index (χ1) is 10.3. The maximum Gasteiger partial charge on any atom is 0.407 e. The van der Waals surface area contributed by atoms with Crippen LogP contribution in [0.3, 0.4) is 0 Å². The number of hydrogen-bond acceptors (Lipinski definition) is 4. The monoisotopic (exact) mass is 344 g/mol. The summed E-state index contributed by atoms with van der Waals surface area (Å²) < 4.78 is 5.10. The Morgan fingerprint density at radius 3 is 2.45 bits per heavy atom. The van der Waals surface area contributed by atoms with Crippen molar-refractivity contribution in [2.75, 3.05) is 23.4 Å². The van der Waals surface area contributed by atoms with Crippen molar-refractivity contribution in [3.8, 4) is 0 Å². The molecule has 5 nitrogen and oxygen atoms in total. The second kappa shape index (κ2) is 8.90. The Morgan fingerprint density at radius 2 is 1.86 bits per heavy atom. The molecule has 2 N–H and O–H groups in total. The van der Waals surface area contributed by atoms with Crippen LogP contribution in [0.4, 0.5) is 10.5 Å². The predicted molar refractivity (Wildman–Crippen MR) is 91.6 cm³/mol. The summed E-state index contributed by atoms with van der Waals surface area (Å²) in [5.74, 6) is 0.857. The van der Waals surface area contributed by atoms with Gasteiger partial charge in [0.1, 0.15) is 5.60 Å². The molecule has 22 heavy (non-hydrogen) atoms. The Bertz CT molecular complexity index is 501. The van der Waals surface area contributed by atoms with Crippen molar-refractivity contribution >= 4 is 41.1 Å².